The monoisotopic (exact) mass is 310 g/mol. The summed E-state index contributed by atoms with van der Waals surface area (Å²) in [5, 5.41) is 9.21. The third kappa shape index (κ3) is 4.58. The van der Waals surface area contributed by atoms with Crippen LogP contribution in [0.4, 0.5) is 0 Å². The van der Waals surface area contributed by atoms with E-state index in [-0.39, 0.29) is 5.76 Å². The first-order valence-corrected chi connectivity index (χ1v) is 6.95. The van der Waals surface area contributed by atoms with E-state index in [2.05, 4.69) is 0 Å². The molecule has 22 heavy (non-hydrogen) atoms. The van der Waals surface area contributed by atoms with Gasteiger partial charge in [-0.2, -0.15) is 0 Å². The maximum Gasteiger partial charge on any atom is 0.371 e. The van der Waals surface area contributed by atoms with Crippen LogP contribution in [0.5, 0.6) is 17.2 Å². The van der Waals surface area contributed by atoms with E-state index >= 15 is 0 Å². The van der Waals surface area contributed by atoms with Crippen LogP contribution in [0.3, 0.4) is 0 Å². The zero-order chi connectivity index (χ0) is 16.5. The highest BCUT2D eigenvalue weighted by molar-refractivity contribution is 5.90. The van der Waals surface area contributed by atoms with E-state index in [0.717, 1.165) is 12.8 Å². The number of unbranched alkanes of at least 4 members (excludes halogenated alkanes) is 1. The fraction of sp³-hybridized carbons (Fsp3) is 0.438. The Hall–Kier alpha value is -2.37. The Bertz CT molecular complexity index is 510. The van der Waals surface area contributed by atoms with Crippen LogP contribution in [-0.2, 0) is 9.53 Å². The molecular formula is C16H22O6. The summed E-state index contributed by atoms with van der Waals surface area (Å²) in [5.74, 6) is 0.108. The first-order chi connectivity index (χ1) is 10.6. The molecule has 0 aliphatic rings. The van der Waals surface area contributed by atoms with Gasteiger partial charge in [0.05, 0.1) is 27.9 Å². The lowest BCUT2D eigenvalue weighted by Crippen LogP contribution is -2.06. The van der Waals surface area contributed by atoms with Crippen molar-refractivity contribution in [2.24, 2.45) is 0 Å². The average molecular weight is 310 g/mol. The summed E-state index contributed by atoms with van der Waals surface area (Å²) in [4.78, 5) is 11.2. The molecule has 0 aliphatic carbocycles. The molecule has 122 valence electrons. The lowest BCUT2D eigenvalue weighted by atomic mass is 10.1. The predicted octanol–water partition coefficient (Wildman–Crippen LogP) is 2.95. The van der Waals surface area contributed by atoms with Gasteiger partial charge in [0.1, 0.15) is 0 Å². The second kappa shape index (κ2) is 8.81. The minimum Gasteiger partial charge on any atom is -0.493 e. The van der Waals surface area contributed by atoms with E-state index in [4.69, 9.17) is 18.9 Å². The molecule has 0 aliphatic heterocycles. The van der Waals surface area contributed by atoms with Gasteiger partial charge in [0.2, 0.25) is 11.5 Å². The minimum atomic E-state index is -1.12. The molecule has 0 saturated carbocycles. The van der Waals surface area contributed by atoms with Crippen LogP contribution in [0.25, 0.3) is 6.08 Å². The van der Waals surface area contributed by atoms with Gasteiger partial charge in [-0.15, -0.1) is 0 Å². The first kappa shape index (κ1) is 17.7. The van der Waals surface area contributed by atoms with Gasteiger partial charge in [0.25, 0.3) is 0 Å². The van der Waals surface area contributed by atoms with Gasteiger partial charge in [-0.25, -0.2) is 4.79 Å². The molecule has 0 spiro atoms. The molecule has 0 radical (unpaired) electrons. The van der Waals surface area contributed by atoms with E-state index in [0.29, 0.717) is 29.4 Å². The minimum absolute atomic E-state index is 0.122. The summed E-state index contributed by atoms with van der Waals surface area (Å²) < 4.78 is 21.0. The van der Waals surface area contributed by atoms with Gasteiger partial charge in [0, 0.05) is 0 Å². The van der Waals surface area contributed by atoms with Crippen molar-refractivity contribution in [2.75, 3.05) is 27.9 Å². The Morgan fingerprint density at radius 2 is 1.73 bits per heavy atom. The molecule has 0 atom stereocenters. The van der Waals surface area contributed by atoms with Crippen molar-refractivity contribution >= 4 is 12.0 Å². The van der Waals surface area contributed by atoms with Gasteiger partial charge >= 0.3 is 5.97 Å². The van der Waals surface area contributed by atoms with Gasteiger partial charge in [-0.1, -0.05) is 13.3 Å². The number of benzene rings is 1. The van der Waals surface area contributed by atoms with Gasteiger partial charge < -0.3 is 24.1 Å². The van der Waals surface area contributed by atoms with Crippen LogP contribution in [-0.4, -0.2) is 39.0 Å². The second-order valence-corrected chi connectivity index (χ2v) is 4.47. The molecule has 0 bridgehead atoms. The fourth-order valence-electron chi connectivity index (χ4n) is 1.83. The van der Waals surface area contributed by atoms with E-state index < -0.39 is 5.97 Å². The molecule has 6 heteroatoms. The Morgan fingerprint density at radius 1 is 1.14 bits per heavy atom. The molecule has 0 aromatic heterocycles. The van der Waals surface area contributed by atoms with E-state index in [1.807, 2.05) is 6.92 Å². The quantitative estimate of drug-likeness (QED) is 0.429. The maximum absolute atomic E-state index is 11.2. The molecule has 0 amide bonds. The SMILES string of the molecule is CCCCOC(=Cc1cc(OC)c(OC)c(OC)c1)C(=O)O. The summed E-state index contributed by atoms with van der Waals surface area (Å²) in [6, 6.07) is 3.32. The zero-order valence-electron chi connectivity index (χ0n) is 13.3. The number of aliphatic carboxylic acids is 1. The van der Waals surface area contributed by atoms with Crippen LogP contribution in [0.1, 0.15) is 25.3 Å². The van der Waals surface area contributed by atoms with Crippen LogP contribution in [0.2, 0.25) is 0 Å². The van der Waals surface area contributed by atoms with Crippen molar-refractivity contribution in [2.45, 2.75) is 19.8 Å². The van der Waals surface area contributed by atoms with Crippen molar-refractivity contribution in [1.29, 1.82) is 0 Å². The Morgan fingerprint density at radius 3 is 2.14 bits per heavy atom. The molecule has 0 heterocycles. The number of methoxy groups -OCH3 is 3. The standard InChI is InChI=1S/C16H22O6/c1-5-6-7-22-14(16(17)18)10-11-8-12(19-2)15(21-4)13(9-11)20-3/h8-10H,5-7H2,1-4H3,(H,17,18). The normalized spacial score (nSPS) is 11.0. The number of carboxylic acids is 1. The van der Waals surface area contributed by atoms with Gasteiger partial charge in [0.15, 0.2) is 11.5 Å². The molecule has 1 N–H and O–H groups in total. The summed E-state index contributed by atoms with van der Waals surface area (Å²) in [5.41, 5.74) is 0.586. The summed E-state index contributed by atoms with van der Waals surface area (Å²) >= 11 is 0. The summed E-state index contributed by atoms with van der Waals surface area (Å²) in [7, 11) is 4.51. The third-order valence-corrected chi connectivity index (χ3v) is 2.95. The lowest BCUT2D eigenvalue weighted by Gasteiger charge is -2.13. The number of ether oxygens (including phenoxy) is 4. The van der Waals surface area contributed by atoms with Gasteiger partial charge in [-0.3, -0.25) is 0 Å². The van der Waals surface area contributed by atoms with E-state index in [1.165, 1.54) is 27.4 Å². The molecule has 1 aromatic rings. The van der Waals surface area contributed by atoms with Crippen molar-refractivity contribution in [1.82, 2.24) is 0 Å². The molecule has 1 aromatic carbocycles. The Labute approximate surface area is 130 Å². The van der Waals surface area contributed by atoms with Crippen molar-refractivity contribution in [3.8, 4) is 17.2 Å². The Kier molecular flexibility index (Phi) is 7.08. The van der Waals surface area contributed by atoms with Crippen LogP contribution in [0.15, 0.2) is 17.9 Å². The predicted molar refractivity (Wildman–Crippen MR) is 82.6 cm³/mol. The lowest BCUT2D eigenvalue weighted by molar-refractivity contribution is -0.136. The van der Waals surface area contributed by atoms with Crippen LogP contribution >= 0.6 is 0 Å². The molecule has 1 rings (SSSR count). The molecule has 0 unspecified atom stereocenters. The molecule has 6 nitrogen and oxygen atoms in total. The van der Waals surface area contributed by atoms with Gasteiger partial charge in [-0.05, 0) is 30.2 Å². The van der Waals surface area contributed by atoms with E-state index in [9.17, 15) is 9.90 Å². The smallest absolute Gasteiger partial charge is 0.371 e. The molecule has 0 fully saturated rings. The first-order valence-electron chi connectivity index (χ1n) is 6.95. The number of hydrogen-bond donors (Lipinski definition) is 1. The summed E-state index contributed by atoms with van der Waals surface area (Å²) in [6.07, 6.45) is 3.15. The topological polar surface area (TPSA) is 74.2 Å². The number of hydrogen-bond acceptors (Lipinski definition) is 5. The molecular weight excluding hydrogens is 288 g/mol. The maximum atomic E-state index is 11.2. The zero-order valence-corrected chi connectivity index (χ0v) is 13.3. The highest BCUT2D eigenvalue weighted by Gasteiger charge is 2.15. The van der Waals surface area contributed by atoms with E-state index in [1.54, 1.807) is 12.1 Å². The van der Waals surface area contributed by atoms with Crippen LogP contribution < -0.4 is 14.2 Å². The second-order valence-electron chi connectivity index (χ2n) is 4.47. The van der Waals surface area contributed by atoms with Crippen LogP contribution in [0, 0.1) is 0 Å². The Balaban J connectivity index is 3.17. The fourth-order valence-corrected chi connectivity index (χ4v) is 1.83. The third-order valence-electron chi connectivity index (χ3n) is 2.95. The average Bonchev–Trinajstić information content (AvgIpc) is 2.52. The number of carbonyl (C=O) groups is 1. The highest BCUT2D eigenvalue weighted by atomic mass is 16.5. The number of carboxylic acid groups (broad SMARTS) is 1. The molecule has 0 saturated heterocycles. The van der Waals surface area contributed by atoms with Crippen molar-refractivity contribution in [3.05, 3.63) is 23.5 Å². The highest BCUT2D eigenvalue weighted by Crippen LogP contribution is 2.38. The summed E-state index contributed by atoms with van der Waals surface area (Å²) in [6.45, 7) is 2.37. The number of rotatable bonds is 9. The van der Waals surface area contributed by atoms with Crippen molar-refractivity contribution in [3.63, 3.8) is 0 Å². The van der Waals surface area contributed by atoms with Crippen molar-refractivity contribution < 1.29 is 28.8 Å². The largest absolute Gasteiger partial charge is 0.493 e.